The largest absolute Gasteiger partial charge is 0.378 e. The van der Waals surface area contributed by atoms with Crippen molar-refractivity contribution in [1.29, 1.82) is 0 Å². The Morgan fingerprint density at radius 1 is 1.00 bits per heavy atom. The number of unbranched alkanes of at least 4 members (excludes halogenated alkanes) is 4. The molecule has 1 N–H and O–H groups in total. The zero-order chi connectivity index (χ0) is 14.1. The SMILES string of the molecule is CCCCCCCC(NC)c1ccc(N(C)C)cc1. The fourth-order valence-corrected chi connectivity index (χ4v) is 2.43. The van der Waals surface area contributed by atoms with Gasteiger partial charge in [0.25, 0.3) is 0 Å². The van der Waals surface area contributed by atoms with E-state index in [4.69, 9.17) is 0 Å². The second-order valence-electron chi connectivity index (χ2n) is 5.53. The monoisotopic (exact) mass is 262 g/mol. The molecule has 0 radical (unpaired) electrons. The molecule has 0 aliphatic rings. The first-order chi connectivity index (χ1) is 9.19. The Balaban J connectivity index is 2.45. The van der Waals surface area contributed by atoms with E-state index in [0.717, 1.165) is 0 Å². The second-order valence-corrected chi connectivity index (χ2v) is 5.53. The first-order valence-electron chi connectivity index (χ1n) is 7.63. The van der Waals surface area contributed by atoms with Gasteiger partial charge in [-0.05, 0) is 31.2 Å². The first kappa shape index (κ1) is 16.0. The third-order valence-electron chi connectivity index (χ3n) is 3.76. The van der Waals surface area contributed by atoms with Crippen molar-refractivity contribution in [3.05, 3.63) is 29.8 Å². The summed E-state index contributed by atoms with van der Waals surface area (Å²) in [5.74, 6) is 0. The molecule has 0 fully saturated rings. The standard InChI is InChI=1S/C17H30N2/c1-5-6-7-8-9-10-17(18-2)15-11-13-16(14-12-15)19(3)4/h11-14,17-18H,5-10H2,1-4H3. The normalized spacial score (nSPS) is 12.4. The van der Waals surface area contributed by atoms with Crippen molar-refractivity contribution >= 4 is 5.69 Å². The molecule has 0 aromatic heterocycles. The number of hydrogen-bond donors (Lipinski definition) is 1. The molecular formula is C17H30N2. The van der Waals surface area contributed by atoms with E-state index in [-0.39, 0.29) is 0 Å². The molecule has 2 nitrogen and oxygen atoms in total. The Morgan fingerprint density at radius 2 is 1.63 bits per heavy atom. The van der Waals surface area contributed by atoms with Crippen molar-refractivity contribution in [1.82, 2.24) is 5.32 Å². The van der Waals surface area contributed by atoms with E-state index in [2.05, 4.69) is 62.5 Å². The maximum atomic E-state index is 3.44. The Kier molecular flexibility index (Phi) is 7.57. The summed E-state index contributed by atoms with van der Waals surface area (Å²) in [4.78, 5) is 2.14. The molecule has 0 saturated carbocycles. The summed E-state index contributed by atoms with van der Waals surface area (Å²) in [5, 5.41) is 3.44. The van der Waals surface area contributed by atoms with E-state index in [0.29, 0.717) is 6.04 Å². The maximum absolute atomic E-state index is 3.44. The van der Waals surface area contributed by atoms with E-state index < -0.39 is 0 Å². The molecule has 0 heterocycles. The fraction of sp³-hybridized carbons (Fsp3) is 0.647. The molecule has 1 rings (SSSR count). The van der Waals surface area contributed by atoms with Gasteiger partial charge in [0.15, 0.2) is 0 Å². The molecule has 108 valence electrons. The minimum Gasteiger partial charge on any atom is -0.378 e. The third-order valence-corrected chi connectivity index (χ3v) is 3.76. The van der Waals surface area contributed by atoms with Gasteiger partial charge in [0, 0.05) is 25.8 Å². The van der Waals surface area contributed by atoms with Crippen LogP contribution in [0.25, 0.3) is 0 Å². The number of hydrogen-bond acceptors (Lipinski definition) is 2. The van der Waals surface area contributed by atoms with Crippen molar-refractivity contribution in [2.24, 2.45) is 0 Å². The van der Waals surface area contributed by atoms with Gasteiger partial charge in [0.2, 0.25) is 0 Å². The van der Waals surface area contributed by atoms with Gasteiger partial charge in [0.05, 0.1) is 0 Å². The maximum Gasteiger partial charge on any atom is 0.0361 e. The third kappa shape index (κ3) is 5.65. The second kappa shape index (κ2) is 8.98. The lowest BCUT2D eigenvalue weighted by Crippen LogP contribution is -2.16. The highest BCUT2D eigenvalue weighted by atomic mass is 15.1. The van der Waals surface area contributed by atoms with Crippen LogP contribution in [0.1, 0.15) is 57.1 Å². The summed E-state index contributed by atoms with van der Waals surface area (Å²) >= 11 is 0. The number of anilines is 1. The number of benzene rings is 1. The van der Waals surface area contributed by atoms with Crippen LogP contribution < -0.4 is 10.2 Å². The average molecular weight is 262 g/mol. The lowest BCUT2D eigenvalue weighted by molar-refractivity contribution is 0.501. The topological polar surface area (TPSA) is 15.3 Å². The van der Waals surface area contributed by atoms with Crippen molar-refractivity contribution in [3.63, 3.8) is 0 Å². The molecule has 1 aromatic rings. The van der Waals surface area contributed by atoms with Gasteiger partial charge in [-0.2, -0.15) is 0 Å². The molecule has 1 atom stereocenters. The van der Waals surface area contributed by atoms with Gasteiger partial charge in [-0.15, -0.1) is 0 Å². The Hall–Kier alpha value is -1.02. The fourth-order valence-electron chi connectivity index (χ4n) is 2.43. The minimum absolute atomic E-state index is 0.498. The van der Waals surface area contributed by atoms with E-state index in [1.807, 2.05) is 0 Å². The molecule has 0 aliphatic heterocycles. The van der Waals surface area contributed by atoms with Crippen LogP contribution in [0, 0.1) is 0 Å². The van der Waals surface area contributed by atoms with E-state index in [1.165, 1.54) is 49.8 Å². The highest BCUT2D eigenvalue weighted by molar-refractivity contribution is 5.46. The van der Waals surface area contributed by atoms with Crippen molar-refractivity contribution < 1.29 is 0 Å². The summed E-state index contributed by atoms with van der Waals surface area (Å²) in [6.45, 7) is 2.27. The van der Waals surface area contributed by atoms with Crippen molar-refractivity contribution in [3.8, 4) is 0 Å². The molecule has 0 amide bonds. The van der Waals surface area contributed by atoms with Crippen LogP contribution in [0.5, 0.6) is 0 Å². The number of rotatable bonds is 9. The summed E-state index contributed by atoms with van der Waals surface area (Å²) in [6, 6.07) is 9.41. The van der Waals surface area contributed by atoms with Gasteiger partial charge in [0.1, 0.15) is 0 Å². The molecule has 19 heavy (non-hydrogen) atoms. The lowest BCUT2D eigenvalue weighted by Gasteiger charge is -2.18. The minimum atomic E-state index is 0.498. The summed E-state index contributed by atoms with van der Waals surface area (Å²) in [7, 11) is 6.23. The first-order valence-corrected chi connectivity index (χ1v) is 7.63. The number of nitrogens with one attached hydrogen (secondary N) is 1. The molecule has 2 heteroatoms. The zero-order valence-corrected chi connectivity index (χ0v) is 13.1. The van der Waals surface area contributed by atoms with E-state index >= 15 is 0 Å². The van der Waals surface area contributed by atoms with Gasteiger partial charge in [-0.3, -0.25) is 0 Å². The van der Waals surface area contributed by atoms with E-state index in [9.17, 15) is 0 Å². The highest BCUT2D eigenvalue weighted by Gasteiger charge is 2.08. The summed E-state index contributed by atoms with van der Waals surface area (Å²) in [5.41, 5.74) is 2.67. The smallest absolute Gasteiger partial charge is 0.0361 e. The van der Waals surface area contributed by atoms with Crippen LogP contribution >= 0.6 is 0 Å². The summed E-state index contributed by atoms with van der Waals surface area (Å²) in [6.07, 6.45) is 8.00. The average Bonchev–Trinajstić information content (AvgIpc) is 2.43. The van der Waals surface area contributed by atoms with Crippen LogP contribution in [0.3, 0.4) is 0 Å². The summed E-state index contributed by atoms with van der Waals surface area (Å²) < 4.78 is 0. The molecule has 0 spiro atoms. The highest BCUT2D eigenvalue weighted by Crippen LogP contribution is 2.22. The molecule has 0 bridgehead atoms. The van der Waals surface area contributed by atoms with Gasteiger partial charge >= 0.3 is 0 Å². The van der Waals surface area contributed by atoms with Crippen molar-refractivity contribution in [2.45, 2.75) is 51.5 Å². The molecule has 1 unspecified atom stereocenters. The zero-order valence-electron chi connectivity index (χ0n) is 13.1. The molecule has 1 aromatic carbocycles. The van der Waals surface area contributed by atoms with Crippen molar-refractivity contribution in [2.75, 3.05) is 26.0 Å². The van der Waals surface area contributed by atoms with Gasteiger partial charge < -0.3 is 10.2 Å². The van der Waals surface area contributed by atoms with Crippen LogP contribution in [0.2, 0.25) is 0 Å². The van der Waals surface area contributed by atoms with Crippen LogP contribution in [0.4, 0.5) is 5.69 Å². The van der Waals surface area contributed by atoms with Gasteiger partial charge in [-0.1, -0.05) is 51.2 Å². The lowest BCUT2D eigenvalue weighted by atomic mass is 9.99. The quantitative estimate of drug-likeness (QED) is 0.665. The van der Waals surface area contributed by atoms with Crippen LogP contribution in [-0.4, -0.2) is 21.1 Å². The molecule has 0 saturated heterocycles. The predicted octanol–water partition coefficient (Wildman–Crippen LogP) is 4.37. The van der Waals surface area contributed by atoms with Gasteiger partial charge in [-0.25, -0.2) is 0 Å². The Labute approximate surface area is 119 Å². The number of nitrogens with zero attached hydrogens (tertiary/aromatic N) is 1. The van der Waals surface area contributed by atoms with Crippen LogP contribution in [-0.2, 0) is 0 Å². The van der Waals surface area contributed by atoms with Crippen LogP contribution in [0.15, 0.2) is 24.3 Å². The Bertz CT molecular complexity index is 330. The predicted molar refractivity (Wildman–Crippen MR) is 85.9 cm³/mol. The Morgan fingerprint density at radius 3 is 2.16 bits per heavy atom. The van der Waals surface area contributed by atoms with E-state index in [1.54, 1.807) is 0 Å². The molecule has 0 aliphatic carbocycles. The molecular weight excluding hydrogens is 232 g/mol.